The van der Waals surface area contributed by atoms with E-state index in [1.54, 1.807) is 0 Å². The number of aryl methyl sites for hydroxylation is 1. The molecule has 2 rings (SSSR count). The van der Waals surface area contributed by atoms with Crippen molar-refractivity contribution in [2.45, 2.75) is 47.0 Å². The highest BCUT2D eigenvalue weighted by molar-refractivity contribution is 6.11. The zero-order chi connectivity index (χ0) is 19.1. The number of nitrogens with one attached hydrogen (secondary N) is 1. The molecular weight excluding hydrogens is 318 g/mol. The molecule has 0 aromatic heterocycles. The minimum Gasteiger partial charge on any atom is -0.309 e. The van der Waals surface area contributed by atoms with E-state index in [9.17, 15) is 4.79 Å². The second-order valence-corrected chi connectivity index (χ2v) is 7.34. The summed E-state index contributed by atoms with van der Waals surface area (Å²) in [5.41, 5.74) is 5.62. The maximum Gasteiger partial charge on any atom is 0.189 e. The van der Waals surface area contributed by atoms with Crippen molar-refractivity contribution in [2.75, 3.05) is 0 Å². The fourth-order valence-corrected chi connectivity index (χ4v) is 3.06. The molecule has 1 N–H and O–H groups in total. The van der Waals surface area contributed by atoms with Gasteiger partial charge in [-0.2, -0.15) is 0 Å². The number of ketones is 1. The van der Waals surface area contributed by atoms with Crippen LogP contribution in [-0.4, -0.2) is 11.5 Å². The predicted octanol–water partition coefficient (Wildman–Crippen LogP) is 6.28. The summed E-state index contributed by atoms with van der Waals surface area (Å²) in [6.45, 7) is 8.33. The van der Waals surface area contributed by atoms with Gasteiger partial charge in [0.05, 0.1) is 0 Å². The van der Waals surface area contributed by atoms with Crippen LogP contribution in [0.3, 0.4) is 0 Å². The van der Waals surface area contributed by atoms with Gasteiger partial charge in [0.1, 0.15) is 0 Å². The van der Waals surface area contributed by atoms with Crippen LogP contribution in [0.25, 0.3) is 6.08 Å². The molecule has 0 radical (unpaired) electrons. The number of hydrogen-bond acceptors (Lipinski definition) is 2. The second kappa shape index (κ2) is 9.28. The van der Waals surface area contributed by atoms with E-state index in [4.69, 9.17) is 5.41 Å². The summed E-state index contributed by atoms with van der Waals surface area (Å²) < 4.78 is 0. The lowest BCUT2D eigenvalue weighted by molar-refractivity contribution is 0.103. The third-order valence-electron chi connectivity index (χ3n) is 4.34. The van der Waals surface area contributed by atoms with Crippen molar-refractivity contribution >= 4 is 17.6 Å². The third-order valence-corrected chi connectivity index (χ3v) is 4.34. The van der Waals surface area contributed by atoms with Gasteiger partial charge in [-0.25, -0.2) is 0 Å². The molecular formula is C24H29NO. The topological polar surface area (TPSA) is 40.9 Å². The summed E-state index contributed by atoms with van der Waals surface area (Å²) in [6.07, 6.45) is 4.17. The van der Waals surface area contributed by atoms with Crippen LogP contribution in [-0.2, 0) is 6.42 Å². The van der Waals surface area contributed by atoms with E-state index >= 15 is 0 Å². The van der Waals surface area contributed by atoms with Gasteiger partial charge >= 0.3 is 0 Å². The van der Waals surface area contributed by atoms with Crippen molar-refractivity contribution in [2.24, 2.45) is 5.92 Å². The van der Waals surface area contributed by atoms with Crippen LogP contribution >= 0.6 is 0 Å². The molecule has 0 bridgehead atoms. The molecule has 0 saturated heterocycles. The quantitative estimate of drug-likeness (QED) is 0.341. The highest BCUT2D eigenvalue weighted by Crippen LogP contribution is 2.18. The minimum absolute atomic E-state index is 0.0813. The molecule has 2 aromatic rings. The van der Waals surface area contributed by atoms with Crippen LogP contribution in [0.4, 0.5) is 0 Å². The van der Waals surface area contributed by atoms with E-state index < -0.39 is 0 Å². The number of carbonyl (C=O) groups excluding carboxylic acids is 1. The van der Waals surface area contributed by atoms with Gasteiger partial charge in [0, 0.05) is 23.3 Å². The molecule has 26 heavy (non-hydrogen) atoms. The largest absolute Gasteiger partial charge is 0.309 e. The van der Waals surface area contributed by atoms with Crippen molar-refractivity contribution in [1.82, 2.24) is 0 Å². The van der Waals surface area contributed by atoms with Crippen LogP contribution in [0.2, 0.25) is 0 Å². The number of Topliss-reactive ketones (excluding diaryl/α,β-unsaturated/α-hetero) is 1. The van der Waals surface area contributed by atoms with Crippen LogP contribution in [0, 0.1) is 18.3 Å². The first kappa shape index (κ1) is 19.8. The van der Waals surface area contributed by atoms with E-state index in [0.29, 0.717) is 24.3 Å². The highest BCUT2D eigenvalue weighted by atomic mass is 16.1. The Morgan fingerprint density at radius 3 is 2.38 bits per heavy atom. The monoisotopic (exact) mass is 347 g/mol. The van der Waals surface area contributed by atoms with Crippen molar-refractivity contribution in [3.8, 4) is 0 Å². The van der Waals surface area contributed by atoms with E-state index in [-0.39, 0.29) is 5.78 Å². The predicted molar refractivity (Wildman–Crippen MR) is 111 cm³/mol. The van der Waals surface area contributed by atoms with Crippen molar-refractivity contribution < 1.29 is 4.79 Å². The molecule has 2 heteroatoms. The lowest BCUT2D eigenvalue weighted by Crippen LogP contribution is -2.06. The first-order valence-corrected chi connectivity index (χ1v) is 9.36. The van der Waals surface area contributed by atoms with Crippen LogP contribution in [0.1, 0.15) is 60.7 Å². The minimum atomic E-state index is 0.0813. The molecule has 0 aliphatic heterocycles. The Labute approximate surface area is 157 Å². The average molecular weight is 348 g/mol. The summed E-state index contributed by atoms with van der Waals surface area (Å²) in [5, 5.41) is 8.06. The Morgan fingerprint density at radius 2 is 1.81 bits per heavy atom. The average Bonchev–Trinajstić information content (AvgIpc) is 2.59. The number of benzene rings is 2. The van der Waals surface area contributed by atoms with Gasteiger partial charge in [-0.3, -0.25) is 4.79 Å². The van der Waals surface area contributed by atoms with E-state index in [2.05, 4.69) is 32.9 Å². The number of rotatable bonds is 8. The Bertz CT molecular complexity index is 797. The Hall–Kier alpha value is -2.48. The lowest BCUT2D eigenvalue weighted by atomic mass is 9.96. The Morgan fingerprint density at radius 1 is 1.12 bits per heavy atom. The molecule has 2 nitrogen and oxygen atoms in total. The fraction of sp³-hybridized carbons (Fsp3) is 0.333. The van der Waals surface area contributed by atoms with Gasteiger partial charge in [-0.15, -0.1) is 0 Å². The van der Waals surface area contributed by atoms with E-state index in [1.165, 1.54) is 5.56 Å². The smallest absolute Gasteiger partial charge is 0.189 e. The standard InChI is InChI=1S/C24H29NO/c1-5-21(15-20-8-6-7-18(4)14-20)24(26)22-11-9-19(10-12-22)16-23(25)13-17(2)3/h6-12,14-15,17,25H,5,13,16H2,1-4H3/b21-15+,25-23?. The van der Waals surface area contributed by atoms with Gasteiger partial charge in [-0.1, -0.05) is 74.9 Å². The van der Waals surface area contributed by atoms with Gasteiger partial charge in [0.25, 0.3) is 0 Å². The molecule has 0 saturated carbocycles. The molecule has 136 valence electrons. The van der Waals surface area contributed by atoms with Crippen LogP contribution in [0.15, 0.2) is 54.1 Å². The van der Waals surface area contributed by atoms with Crippen molar-refractivity contribution in [3.05, 3.63) is 76.4 Å². The van der Waals surface area contributed by atoms with Gasteiger partial charge in [0.15, 0.2) is 5.78 Å². The van der Waals surface area contributed by atoms with E-state index in [0.717, 1.165) is 28.8 Å². The van der Waals surface area contributed by atoms with E-state index in [1.807, 2.05) is 49.4 Å². The van der Waals surface area contributed by atoms with Crippen molar-refractivity contribution in [1.29, 1.82) is 5.41 Å². The summed E-state index contributed by atoms with van der Waals surface area (Å²) in [7, 11) is 0. The lowest BCUT2D eigenvalue weighted by Gasteiger charge is -2.09. The summed E-state index contributed by atoms with van der Waals surface area (Å²) >= 11 is 0. The summed E-state index contributed by atoms with van der Waals surface area (Å²) in [6, 6.07) is 15.9. The number of hydrogen-bond donors (Lipinski definition) is 1. The molecule has 0 spiro atoms. The first-order valence-electron chi connectivity index (χ1n) is 9.36. The number of carbonyl (C=O) groups is 1. The summed E-state index contributed by atoms with van der Waals surface area (Å²) in [4.78, 5) is 12.8. The molecule has 0 unspecified atom stereocenters. The number of allylic oxidation sites excluding steroid dienone is 1. The zero-order valence-electron chi connectivity index (χ0n) is 16.3. The molecule has 0 atom stereocenters. The third kappa shape index (κ3) is 5.80. The summed E-state index contributed by atoms with van der Waals surface area (Å²) in [5.74, 6) is 0.583. The first-order chi connectivity index (χ1) is 12.4. The van der Waals surface area contributed by atoms with Gasteiger partial charge < -0.3 is 5.41 Å². The maximum absolute atomic E-state index is 12.8. The van der Waals surface area contributed by atoms with Crippen molar-refractivity contribution in [3.63, 3.8) is 0 Å². The van der Waals surface area contributed by atoms with Gasteiger partial charge in [0.2, 0.25) is 0 Å². The molecule has 0 amide bonds. The zero-order valence-corrected chi connectivity index (χ0v) is 16.3. The highest BCUT2D eigenvalue weighted by Gasteiger charge is 2.11. The molecule has 0 heterocycles. The SMILES string of the molecule is CC/C(=C\c1cccc(C)c1)C(=O)c1ccc(CC(=N)CC(C)C)cc1. The van der Waals surface area contributed by atoms with Crippen LogP contribution in [0.5, 0.6) is 0 Å². The van der Waals surface area contributed by atoms with Gasteiger partial charge in [-0.05, 0) is 42.9 Å². The molecule has 0 aliphatic carbocycles. The second-order valence-electron chi connectivity index (χ2n) is 7.34. The Balaban J connectivity index is 2.14. The molecule has 0 aliphatic rings. The fourth-order valence-electron chi connectivity index (χ4n) is 3.06. The molecule has 2 aromatic carbocycles. The Kier molecular flexibility index (Phi) is 7.08. The molecule has 0 fully saturated rings. The maximum atomic E-state index is 12.8. The normalized spacial score (nSPS) is 11.7. The van der Waals surface area contributed by atoms with Crippen LogP contribution < -0.4 is 0 Å².